The Bertz CT molecular complexity index is 1020. The van der Waals surface area contributed by atoms with Gasteiger partial charge in [0.25, 0.3) is 5.91 Å². The summed E-state index contributed by atoms with van der Waals surface area (Å²) < 4.78 is 7.17. The van der Waals surface area contributed by atoms with Gasteiger partial charge in [0.2, 0.25) is 0 Å². The zero-order valence-electron chi connectivity index (χ0n) is 14.1. The van der Waals surface area contributed by atoms with Gasteiger partial charge in [0.15, 0.2) is 5.76 Å². The van der Waals surface area contributed by atoms with Gasteiger partial charge in [0.05, 0.1) is 18.2 Å². The Balaban J connectivity index is 1.37. The van der Waals surface area contributed by atoms with E-state index >= 15 is 0 Å². The number of rotatable bonds is 6. The lowest BCUT2D eigenvalue weighted by Crippen LogP contribution is -2.15. The van der Waals surface area contributed by atoms with Gasteiger partial charge < -0.3 is 19.5 Å². The van der Waals surface area contributed by atoms with E-state index in [0.717, 1.165) is 22.6 Å². The highest BCUT2D eigenvalue weighted by Crippen LogP contribution is 2.13. The second kappa shape index (κ2) is 7.25. The van der Waals surface area contributed by atoms with Gasteiger partial charge in [-0.2, -0.15) is 0 Å². The van der Waals surface area contributed by atoms with Crippen LogP contribution in [-0.2, 0) is 13.1 Å². The molecule has 0 fully saturated rings. The van der Waals surface area contributed by atoms with Gasteiger partial charge in [0, 0.05) is 25.0 Å². The lowest BCUT2D eigenvalue weighted by atomic mass is 10.2. The van der Waals surface area contributed by atoms with Crippen molar-refractivity contribution in [1.29, 1.82) is 0 Å². The van der Waals surface area contributed by atoms with Crippen LogP contribution in [0, 0.1) is 0 Å². The molecule has 6 nitrogen and oxygen atoms in total. The average molecular weight is 346 g/mol. The average Bonchev–Trinajstić information content (AvgIpc) is 3.32. The zero-order chi connectivity index (χ0) is 17.8. The number of imidazole rings is 1. The van der Waals surface area contributed by atoms with Crippen molar-refractivity contribution in [1.82, 2.24) is 14.7 Å². The van der Waals surface area contributed by atoms with E-state index in [-0.39, 0.29) is 5.91 Å². The summed E-state index contributed by atoms with van der Waals surface area (Å²) in [6.45, 7) is 1.39. The van der Waals surface area contributed by atoms with E-state index in [2.05, 4.69) is 20.0 Å². The number of anilines is 1. The molecule has 0 radical (unpaired) electrons. The first-order chi connectivity index (χ1) is 12.8. The summed E-state index contributed by atoms with van der Waals surface area (Å²) in [6, 6.07) is 17.0. The molecule has 0 saturated heterocycles. The lowest BCUT2D eigenvalue weighted by Gasteiger charge is -2.08. The fraction of sp³-hybridized carbons (Fsp3) is 0.100. The van der Waals surface area contributed by atoms with Crippen LogP contribution in [0.5, 0.6) is 0 Å². The van der Waals surface area contributed by atoms with Crippen LogP contribution < -0.4 is 10.6 Å². The van der Waals surface area contributed by atoms with Gasteiger partial charge >= 0.3 is 0 Å². The Morgan fingerprint density at radius 2 is 2.04 bits per heavy atom. The van der Waals surface area contributed by atoms with E-state index in [1.165, 1.54) is 6.26 Å². The van der Waals surface area contributed by atoms with Crippen molar-refractivity contribution in [3.05, 3.63) is 90.3 Å². The SMILES string of the molecule is O=C(Nc1cccc(CNCc2cnc3ccccn23)c1)c1ccco1. The van der Waals surface area contributed by atoms with E-state index in [9.17, 15) is 4.79 Å². The molecule has 0 unspecified atom stereocenters. The highest BCUT2D eigenvalue weighted by molar-refractivity contribution is 6.02. The second-order valence-electron chi connectivity index (χ2n) is 5.91. The van der Waals surface area contributed by atoms with Crippen molar-refractivity contribution in [2.45, 2.75) is 13.1 Å². The van der Waals surface area contributed by atoms with Gasteiger partial charge in [-0.25, -0.2) is 4.98 Å². The number of hydrogen-bond acceptors (Lipinski definition) is 4. The van der Waals surface area contributed by atoms with Crippen molar-refractivity contribution in [3.63, 3.8) is 0 Å². The first-order valence-electron chi connectivity index (χ1n) is 8.35. The number of carbonyl (C=O) groups is 1. The molecular formula is C20H18N4O2. The number of amides is 1. The fourth-order valence-electron chi connectivity index (χ4n) is 2.81. The molecule has 0 aliphatic carbocycles. The Kier molecular flexibility index (Phi) is 4.49. The number of nitrogens with zero attached hydrogens (tertiary/aromatic N) is 2. The summed E-state index contributed by atoms with van der Waals surface area (Å²) in [5.41, 5.74) is 3.85. The molecule has 4 aromatic rings. The monoisotopic (exact) mass is 346 g/mol. The van der Waals surface area contributed by atoms with E-state index in [1.54, 1.807) is 12.1 Å². The Hall–Kier alpha value is -3.38. The molecule has 1 amide bonds. The number of nitrogens with one attached hydrogen (secondary N) is 2. The van der Waals surface area contributed by atoms with Crippen molar-refractivity contribution < 1.29 is 9.21 Å². The zero-order valence-corrected chi connectivity index (χ0v) is 14.1. The standard InChI is InChI=1S/C20H18N4O2/c25-20(18-7-4-10-26-18)23-16-6-3-5-15(11-16)12-21-13-17-14-22-19-8-1-2-9-24(17)19/h1-11,14,21H,12-13H2,(H,23,25). The third kappa shape index (κ3) is 3.50. The van der Waals surface area contributed by atoms with E-state index in [1.807, 2.05) is 54.9 Å². The molecule has 0 saturated carbocycles. The van der Waals surface area contributed by atoms with Crippen molar-refractivity contribution in [3.8, 4) is 0 Å². The van der Waals surface area contributed by atoms with Gasteiger partial charge in [-0.1, -0.05) is 18.2 Å². The third-order valence-electron chi connectivity index (χ3n) is 4.06. The summed E-state index contributed by atoms with van der Waals surface area (Å²) in [5, 5.41) is 6.25. The number of furan rings is 1. The maximum atomic E-state index is 12.1. The fourth-order valence-corrected chi connectivity index (χ4v) is 2.81. The molecule has 3 aromatic heterocycles. The van der Waals surface area contributed by atoms with Gasteiger partial charge in [-0.15, -0.1) is 0 Å². The molecule has 26 heavy (non-hydrogen) atoms. The lowest BCUT2D eigenvalue weighted by molar-refractivity contribution is 0.0996. The molecule has 0 aliphatic heterocycles. The van der Waals surface area contributed by atoms with Crippen LogP contribution in [0.15, 0.2) is 77.7 Å². The minimum atomic E-state index is -0.258. The molecule has 1 aromatic carbocycles. The summed E-state index contributed by atoms with van der Waals surface area (Å²) in [5.74, 6) is 0.0342. The molecule has 3 heterocycles. The van der Waals surface area contributed by atoms with Crippen LogP contribution in [0.25, 0.3) is 5.65 Å². The Labute approximate surface area is 150 Å². The van der Waals surface area contributed by atoms with Crippen LogP contribution in [0.2, 0.25) is 0 Å². The van der Waals surface area contributed by atoms with Crippen molar-refractivity contribution >= 4 is 17.2 Å². The molecule has 0 spiro atoms. The number of hydrogen-bond donors (Lipinski definition) is 2. The number of fused-ring (bicyclic) bond motifs is 1. The van der Waals surface area contributed by atoms with E-state index < -0.39 is 0 Å². The number of pyridine rings is 1. The van der Waals surface area contributed by atoms with Crippen LogP contribution in [0.3, 0.4) is 0 Å². The van der Waals surface area contributed by atoms with Gasteiger partial charge in [-0.3, -0.25) is 4.79 Å². The quantitative estimate of drug-likeness (QED) is 0.561. The number of benzene rings is 1. The smallest absolute Gasteiger partial charge is 0.291 e. The minimum absolute atomic E-state index is 0.258. The molecule has 2 N–H and O–H groups in total. The first-order valence-corrected chi connectivity index (χ1v) is 8.35. The van der Waals surface area contributed by atoms with Crippen molar-refractivity contribution in [2.75, 3.05) is 5.32 Å². The molecule has 130 valence electrons. The van der Waals surface area contributed by atoms with Crippen LogP contribution >= 0.6 is 0 Å². The second-order valence-corrected chi connectivity index (χ2v) is 5.91. The Morgan fingerprint density at radius 1 is 1.08 bits per heavy atom. The maximum Gasteiger partial charge on any atom is 0.291 e. The van der Waals surface area contributed by atoms with E-state index in [0.29, 0.717) is 18.8 Å². The summed E-state index contributed by atoms with van der Waals surface area (Å²) in [6.07, 6.45) is 5.36. The Morgan fingerprint density at radius 3 is 2.92 bits per heavy atom. The summed E-state index contributed by atoms with van der Waals surface area (Å²) in [4.78, 5) is 16.4. The maximum absolute atomic E-state index is 12.1. The van der Waals surface area contributed by atoms with Gasteiger partial charge in [-0.05, 0) is 42.0 Å². The van der Waals surface area contributed by atoms with Crippen molar-refractivity contribution in [2.24, 2.45) is 0 Å². The predicted molar refractivity (Wildman–Crippen MR) is 98.8 cm³/mol. The summed E-state index contributed by atoms with van der Waals surface area (Å²) in [7, 11) is 0. The normalized spacial score (nSPS) is 10.9. The van der Waals surface area contributed by atoms with E-state index in [4.69, 9.17) is 4.42 Å². The van der Waals surface area contributed by atoms with Crippen LogP contribution in [0.1, 0.15) is 21.8 Å². The van der Waals surface area contributed by atoms with Gasteiger partial charge in [0.1, 0.15) is 5.65 Å². The summed E-state index contributed by atoms with van der Waals surface area (Å²) >= 11 is 0. The molecule has 6 heteroatoms. The van der Waals surface area contributed by atoms with Crippen LogP contribution in [0.4, 0.5) is 5.69 Å². The highest BCUT2D eigenvalue weighted by Gasteiger charge is 2.09. The first kappa shape index (κ1) is 16.1. The topological polar surface area (TPSA) is 71.6 Å². The molecular weight excluding hydrogens is 328 g/mol. The molecule has 0 aliphatic rings. The largest absolute Gasteiger partial charge is 0.459 e. The number of carbonyl (C=O) groups excluding carboxylic acids is 1. The molecule has 4 rings (SSSR count). The highest BCUT2D eigenvalue weighted by atomic mass is 16.3. The minimum Gasteiger partial charge on any atom is -0.459 e. The molecule has 0 atom stereocenters. The molecule has 0 bridgehead atoms. The van der Waals surface area contributed by atoms with Crippen LogP contribution in [-0.4, -0.2) is 15.3 Å². The number of aromatic nitrogens is 2. The predicted octanol–water partition coefficient (Wildman–Crippen LogP) is 3.47. The third-order valence-corrected chi connectivity index (χ3v) is 4.06.